The molecule has 2 heterocycles. The topological polar surface area (TPSA) is 66.9 Å². The maximum Gasteiger partial charge on any atom is 0.282 e. The van der Waals surface area contributed by atoms with Crippen molar-refractivity contribution in [3.05, 3.63) is 25.8 Å². The van der Waals surface area contributed by atoms with Gasteiger partial charge >= 0.3 is 0 Å². The Labute approximate surface area is 121 Å². The van der Waals surface area contributed by atoms with Crippen molar-refractivity contribution < 1.29 is 4.79 Å². The Morgan fingerprint density at radius 2 is 2.33 bits per heavy atom. The summed E-state index contributed by atoms with van der Waals surface area (Å²) in [7, 11) is 0. The fraction of sp³-hybridized carbons (Fsp3) is 0.300. The van der Waals surface area contributed by atoms with Crippen molar-refractivity contribution >= 4 is 49.6 Å². The van der Waals surface area contributed by atoms with Gasteiger partial charge in [0.15, 0.2) is 0 Å². The third kappa shape index (κ3) is 3.50. The van der Waals surface area contributed by atoms with Gasteiger partial charge in [0.1, 0.15) is 0 Å². The number of anilines is 1. The molecule has 8 heteroatoms. The summed E-state index contributed by atoms with van der Waals surface area (Å²) in [5, 5.41) is 16.6. The Hall–Kier alpha value is -0.990. The number of nitrogens with one attached hydrogen (secondary N) is 2. The van der Waals surface area contributed by atoms with Crippen LogP contribution in [0.2, 0.25) is 0 Å². The van der Waals surface area contributed by atoms with E-state index in [1.807, 2.05) is 18.4 Å². The molecule has 0 aliphatic carbocycles. The second kappa shape index (κ2) is 6.26. The molecule has 0 radical (unpaired) electrons. The van der Waals surface area contributed by atoms with E-state index in [-0.39, 0.29) is 5.91 Å². The summed E-state index contributed by atoms with van der Waals surface area (Å²) in [4.78, 5) is 12.9. The summed E-state index contributed by atoms with van der Waals surface area (Å²) in [6.07, 6.45) is 0. The number of nitrogens with zero attached hydrogens (tertiary/aromatic N) is 2. The standard InChI is InChI=1S/C10H11BrN4OS2/c1-2-12-10-15-14-9(18-10)8(16)13-4-7-3-6(11)5-17-7/h3,5H,2,4H2,1H3,(H,12,15)(H,13,16). The molecule has 18 heavy (non-hydrogen) atoms. The molecule has 2 N–H and O–H groups in total. The molecule has 0 spiro atoms. The zero-order valence-corrected chi connectivity index (χ0v) is 12.8. The summed E-state index contributed by atoms with van der Waals surface area (Å²) >= 11 is 6.22. The summed E-state index contributed by atoms with van der Waals surface area (Å²) in [5.74, 6) is -0.193. The van der Waals surface area contributed by atoms with Gasteiger partial charge in [-0.1, -0.05) is 11.3 Å². The van der Waals surface area contributed by atoms with E-state index < -0.39 is 0 Å². The van der Waals surface area contributed by atoms with Crippen molar-refractivity contribution in [1.82, 2.24) is 15.5 Å². The number of hydrogen-bond donors (Lipinski definition) is 2. The average Bonchev–Trinajstić information content (AvgIpc) is 2.96. The zero-order chi connectivity index (χ0) is 13.0. The van der Waals surface area contributed by atoms with Gasteiger partial charge < -0.3 is 10.6 Å². The molecule has 0 bridgehead atoms. The molecule has 2 aromatic rings. The third-order valence-corrected chi connectivity index (χ3v) is 4.57. The molecule has 0 unspecified atom stereocenters. The molecule has 5 nitrogen and oxygen atoms in total. The molecule has 2 aromatic heterocycles. The number of rotatable bonds is 5. The third-order valence-electron chi connectivity index (χ3n) is 1.99. The molecule has 0 aromatic carbocycles. The van der Waals surface area contributed by atoms with Crippen LogP contribution >= 0.6 is 38.6 Å². The first kappa shape index (κ1) is 13.4. The number of halogens is 1. The summed E-state index contributed by atoms with van der Waals surface area (Å²) in [6, 6.07) is 1.98. The first-order valence-corrected chi connectivity index (χ1v) is 7.76. The number of carbonyl (C=O) groups is 1. The monoisotopic (exact) mass is 346 g/mol. The molecule has 0 aliphatic heterocycles. The molecule has 0 saturated carbocycles. The summed E-state index contributed by atoms with van der Waals surface area (Å²) in [6.45, 7) is 3.24. The molecular weight excluding hydrogens is 336 g/mol. The minimum absolute atomic E-state index is 0.193. The van der Waals surface area contributed by atoms with Gasteiger partial charge in [0, 0.05) is 21.3 Å². The lowest BCUT2D eigenvalue weighted by Gasteiger charge is -1.99. The molecule has 1 amide bonds. The lowest BCUT2D eigenvalue weighted by atomic mass is 10.4. The number of carbonyl (C=O) groups excluding carboxylic acids is 1. The van der Waals surface area contributed by atoms with Crippen LogP contribution in [0.15, 0.2) is 15.9 Å². The van der Waals surface area contributed by atoms with Crippen molar-refractivity contribution in [3.63, 3.8) is 0 Å². The van der Waals surface area contributed by atoms with Crippen molar-refractivity contribution in [2.75, 3.05) is 11.9 Å². The fourth-order valence-corrected chi connectivity index (χ4v) is 3.35. The molecular formula is C10H11BrN4OS2. The summed E-state index contributed by atoms with van der Waals surface area (Å²) < 4.78 is 1.03. The second-order valence-corrected chi connectivity index (χ2v) is 6.25. The highest BCUT2D eigenvalue weighted by atomic mass is 79.9. The van der Waals surface area contributed by atoms with E-state index in [1.54, 1.807) is 11.3 Å². The highest BCUT2D eigenvalue weighted by molar-refractivity contribution is 9.10. The predicted molar refractivity (Wildman–Crippen MR) is 77.3 cm³/mol. The van der Waals surface area contributed by atoms with E-state index in [2.05, 4.69) is 36.8 Å². The van der Waals surface area contributed by atoms with E-state index in [4.69, 9.17) is 0 Å². The lowest BCUT2D eigenvalue weighted by molar-refractivity contribution is 0.0950. The Morgan fingerprint density at radius 1 is 1.50 bits per heavy atom. The van der Waals surface area contributed by atoms with Crippen molar-refractivity contribution in [3.8, 4) is 0 Å². The number of aromatic nitrogens is 2. The van der Waals surface area contributed by atoms with Crippen LogP contribution in [-0.4, -0.2) is 22.6 Å². The van der Waals surface area contributed by atoms with Gasteiger partial charge in [-0.15, -0.1) is 21.5 Å². The van der Waals surface area contributed by atoms with Crippen LogP contribution in [0.1, 0.15) is 21.6 Å². The first-order chi connectivity index (χ1) is 8.69. The van der Waals surface area contributed by atoms with Gasteiger partial charge in [0.05, 0.1) is 6.54 Å². The van der Waals surface area contributed by atoms with Crippen molar-refractivity contribution in [2.24, 2.45) is 0 Å². The van der Waals surface area contributed by atoms with Gasteiger partial charge in [-0.25, -0.2) is 0 Å². The van der Waals surface area contributed by atoms with Crippen molar-refractivity contribution in [1.29, 1.82) is 0 Å². The highest BCUT2D eigenvalue weighted by Crippen LogP contribution is 2.20. The van der Waals surface area contributed by atoms with Gasteiger partial charge in [0.25, 0.3) is 5.91 Å². The molecule has 0 aliphatic rings. The number of thiophene rings is 1. The van der Waals surface area contributed by atoms with Gasteiger partial charge in [0.2, 0.25) is 10.1 Å². The fourth-order valence-electron chi connectivity index (χ4n) is 1.23. The molecule has 96 valence electrons. The quantitative estimate of drug-likeness (QED) is 0.873. The van der Waals surface area contributed by atoms with E-state index in [0.29, 0.717) is 16.7 Å². The van der Waals surface area contributed by atoms with Crippen LogP contribution in [0.3, 0.4) is 0 Å². The number of amides is 1. The molecule has 0 saturated heterocycles. The van der Waals surface area contributed by atoms with Gasteiger partial charge in [-0.3, -0.25) is 4.79 Å². The maximum absolute atomic E-state index is 11.8. The Bertz CT molecular complexity index is 539. The minimum atomic E-state index is -0.193. The molecule has 0 atom stereocenters. The lowest BCUT2D eigenvalue weighted by Crippen LogP contribution is -2.22. The van der Waals surface area contributed by atoms with E-state index in [1.165, 1.54) is 11.3 Å². The minimum Gasteiger partial charge on any atom is -0.360 e. The van der Waals surface area contributed by atoms with Crippen LogP contribution in [0, 0.1) is 0 Å². The Morgan fingerprint density at radius 3 is 3.00 bits per heavy atom. The second-order valence-electron chi connectivity index (χ2n) is 3.36. The van der Waals surface area contributed by atoms with Crippen LogP contribution in [0.25, 0.3) is 0 Å². The molecule has 2 rings (SSSR count). The maximum atomic E-state index is 11.8. The van der Waals surface area contributed by atoms with E-state index in [0.717, 1.165) is 15.9 Å². The number of hydrogen-bond acceptors (Lipinski definition) is 6. The van der Waals surface area contributed by atoms with E-state index in [9.17, 15) is 4.79 Å². The van der Waals surface area contributed by atoms with Gasteiger partial charge in [-0.05, 0) is 28.9 Å². The SMILES string of the molecule is CCNc1nnc(C(=O)NCc2cc(Br)cs2)s1. The normalized spacial score (nSPS) is 10.3. The average molecular weight is 347 g/mol. The smallest absolute Gasteiger partial charge is 0.282 e. The summed E-state index contributed by atoms with van der Waals surface area (Å²) in [5.41, 5.74) is 0. The van der Waals surface area contributed by atoms with Crippen molar-refractivity contribution in [2.45, 2.75) is 13.5 Å². The highest BCUT2D eigenvalue weighted by Gasteiger charge is 2.12. The van der Waals surface area contributed by atoms with Crippen LogP contribution < -0.4 is 10.6 Å². The predicted octanol–water partition coefficient (Wildman–Crippen LogP) is 2.72. The largest absolute Gasteiger partial charge is 0.360 e. The van der Waals surface area contributed by atoms with Crippen LogP contribution in [0.4, 0.5) is 5.13 Å². The first-order valence-electron chi connectivity index (χ1n) is 5.27. The Kier molecular flexibility index (Phi) is 4.67. The Balaban J connectivity index is 1.90. The van der Waals surface area contributed by atoms with E-state index >= 15 is 0 Å². The zero-order valence-electron chi connectivity index (χ0n) is 9.57. The van der Waals surface area contributed by atoms with Gasteiger partial charge in [-0.2, -0.15) is 0 Å². The molecule has 0 fully saturated rings. The van der Waals surface area contributed by atoms with Crippen LogP contribution in [0.5, 0.6) is 0 Å². The van der Waals surface area contributed by atoms with Crippen LogP contribution in [-0.2, 0) is 6.54 Å².